The average Bonchev–Trinajstić information content (AvgIpc) is 3.01. The minimum atomic E-state index is -0.256. The van der Waals surface area contributed by atoms with E-state index in [9.17, 15) is 4.39 Å². The summed E-state index contributed by atoms with van der Waals surface area (Å²) in [6.07, 6.45) is 2.52. The normalized spacial score (nSPS) is 14.9. The fourth-order valence-electron chi connectivity index (χ4n) is 1.76. The highest BCUT2D eigenvalue weighted by Crippen LogP contribution is 2.31. The Labute approximate surface area is 100 Å². The van der Waals surface area contributed by atoms with Gasteiger partial charge in [-0.05, 0) is 37.0 Å². The van der Waals surface area contributed by atoms with E-state index in [1.807, 2.05) is 11.9 Å². The van der Waals surface area contributed by atoms with Crippen LogP contribution in [0.25, 0.3) is 0 Å². The quantitative estimate of drug-likeness (QED) is 0.816. The van der Waals surface area contributed by atoms with Crippen LogP contribution in [0.4, 0.5) is 10.1 Å². The summed E-state index contributed by atoms with van der Waals surface area (Å²) in [6, 6.07) is 4.91. The van der Waals surface area contributed by atoms with Gasteiger partial charge in [-0.15, -0.1) is 0 Å². The van der Waals surface area contributed by atoms with E-state index in [1.54, 1.807) is 12.1 Å². The first-order chi connectivity index (χ1) is 7.58. The molecule has 0 aliphatic heterocycles. The van der Waals surface area contributed by atoms with Crippen LogP contribution in [0, 0.1) is 11.7 Å². The van der Waals surface area contributed by atoms with E-state index in [-0.39, 0.29) is 10.8 Å². The zero-order valence-electron chi connectivity index (χ0n) is 9.24. The minimum Gasteiger partial charge on any atom is -0.389 e. The summed E-state index contributed by atoms with van der Waals surface area (Å²) in [5.41, 5.74) is 6.65. The van der Waals surface area contributed by atoms with E-state index in [4.69, 9.17) is 18.0 Å². The summed E-state index contributed by atoms with van der Waals surface area (Å²) >= 11 is 4.81. The molecule has 1 saturated carbocycles. The van der Waals surface area contributed by atoms with Crippen molar-refractivity contribution < 1.29 is 4.39 Å². The van der Waals surface area contributed by atoms with Gasteiger partial charge in [0.2, 0.25) is 0 Å². The largest absolute Gasteiger partial charge is 0.389 e. The summed E-state index contributed by atoms with van der Waals surface area (Å²) < 4.78 is 13.8. The smallest absolute Gasteiger partial charge is 0.147 e. The monoisotopic (exact) mass is 238 g/mol. The maximum absolute atomic E-state index is 13.8. The molecule has 0 bridgehead atoms. The highest BCUT2D eigenvalue weighted by molar-refractivity contribution is 7.80. The van der Waals surface area contributed by atoms with Crippen LogP contribution in [0.15, 0.2) is 18.2 Å². The fraction of sp³-hybridized carbons (Fsp3) is 0.417. The molecule has 1 fully saturated rings. The lowest BCUT2D eigenvalue weighted by Crippen LogP contribution is -2.21. The van der Waals surface area contributed by atoms with Crippen molar-refractivity contribution in [2.75, 3.05) is 18.5 Å². The van der Waals surface area contributed by atoms with Gasteiger partial charge >= 0.3 is 0 Å². The van der Waals surface area contributed by atoms with Gasteiger partial charge in [0.05, 0.1) is 5.69 Å². The van der Waals surface area contributed by atoms with Crippen LogP contribution in [-0.2, 0) is 0 Å². The van der Waals surface area contributed by atoms with Gasteiger partial charge in [-0.25, -0.2) is 4.39 Å². The summed E-state index contributed by atoms with van der Waals surface area (Å²) in [5, 5.41) is 0. The number of hydrogen-bond donors (Lipinski definition) is 1. The Morgan fingerprint density at radius 2 is 2.25 bits per heavy atom. The maximum Gasteiger partial charge on any atom is 0.147 e. The van der Waals surface area contributed by atoms with Crippen molar-refractivity contribution in [3.8, 4) is 0 Å². The van der Waals surface area contributed by atoms with Crippen molar-refractivity contribution in [1.29, 1.82) is 0 Å². The molecule has 2 nitrogen and oxygen atoms in total. The molecule has 16 heavy (non-hydrogen) atoms. The van der Waals surface area contributed by atoms with Gasteiger partial charge in [0.25, 0.3) is 0 Å². The zero-order chi connectivity index (χ0) is 11.7. The van der Waals surface area contributed by atoms with Gasteiger partial charge in [-0.3, -0.25) is 0 Å². The zero-order valence-corrected chi connectivity index (χ0v) is 10.1. The van der Waals surface area contributed by atoms with Crippen molar-refractivity contribution in [1.82, 2.24) is 0 Å². The first-order valence-electron chi connectivity index (χ1n) is 5.38. The lowest BCUT2D eigenvalue weighted by atomic mass is 10.2. The average molecular weight is 238 g/mol. The summed E-state index contributed by atoms with van der Waals surface area (Å²) in [5.74, 6) is 0.480. The fourth-order valence-corrected chi connectivity index (χ4v) is 1.88. The van der Waals surface area contributed by atoms with Gasteiger partial charge in [-0.2, -0.15) is 0 Å². The van der Waals surface area contributed by atoms with Crippen LogP contribution in [0.1, 0.15) is 18.4 Å². The van der Waals surface area contributed by atoms with Crippen molar-refractivity contribution in [2.24, 2.45) is 11.7 Å². The molecular weight excluding hydrogens is 223 g/mol. The lowest BCUT2D eigenvalue weighted by molar-refractivity contribution is 0.619. The van der Waals surface area contributed by atoms with Gasteiger partial charge in [0, 0.05) is 19.2 Å². The third kappa shape index (κ3) is 2.50. The molecule has 0 heterocycles. The van der Waals surface area contributed by atoms with Crippen LogP contribution in [-0.4, -0.2) is 18.6 Å². The molecule has 86 valence electrons. The summed E-state index contributed by atoms with van der Waals surface area (Å²) in [7, 11) is 1.91. The van der Waals surface area contributed by atoms with Crippen LogP contribution in [0.2, 0.25) is 0 Å². The first kappa shape index (κ1) is 11.3. The molecule has 0 unspecified atom stereocenters. The van der Waals surface area contributed by atoms with E-state index in [0.29, 0.717) is 11.3 Å². The third-order valence-electron chi connectivity index (χ3n) is 2.87. The summed E-state index contributed by atoms with van der Waals surface area (Å²) in [6.45, 7) is 0.920. The minimum absolute atomic E-state index is 0.232. The second-order valence-electron chi connectivity index (χ2n) is 4.35. The molecule has 0 amide bonds. The van der Waals surface area contributed by atoms with Crippen molar-refractivity contribution in [3.05, 3.63) is 29.6 Å². The lowest BCUT2D eigenvalue weighted by Gasteiger charge is -2.20. The molecule has 4 heteroatoms. The van der Waals surface area contributed by atoms with E-state index >= 15 is 0 Å². The van der Waals surface area contributed by atoms with Crippen molar-refractivity contribution in [3.63, 3.8) is 0 Å². The number of benzene rings is 1. The number of anilines is 1. The van der Waals surface area contributed by atoms with Crippen LogP contribution < -0.4 is 10.6 Å². The first-order valence-corrected chi connectivity index (χ1v) is 5.79. The standard InChI is InChI=1S/C12H15FN2S/c1-15(7-8-2-3-8)11-5-4-9(12(14)16)6-10(11)13/h4-6,8H,2-3,7H2,1H3,(H2,14,16). The number of thiocarbonyl (C=S) groups is 1. The topological polar surface area (TPSA) is 29.3 Å². The van der Waals surface area contributed by atoms with Gasteiger partial charge in [0.15, 0.2) is 0 Å². The maximum atomic E-state index is 13.8. The number of rotatable bonds is 4. The summed E-state index contributed by atoms with van der Waals surface area (Å²) in [4.78, 5) is 2.19. The molecule has 2 N–H and O–H groups in total. The Bertz CT molecular complexity index is 415. The molecule has 0 aromatic heterocycles. The van der Waals surface area contributed by atoms with E-state index < -0.39 is 0 Å². The molecule has 0 spiro atoms. The Balaban J connectivity index is 2.17. The van der Waals surface area contributed by atoms with E-state index in [0.717, 1.165) is 12.5 Å². The molecule has 0 radical (unpaired) electrons. The second kappa shape index (κ2) is 4.37. The number of nitrogens with zero attached hydrogens (tertiary/aromatic N) is 1. The van der Waals surface area contributed by atoms with Gasteiger partial charge in [-0.1, -0.05) is 12.2 Å². The Morgan fingerprint density at radius 1 is 1.56 bits per heavy atom. The van der Waals surface area contributed by atoms with E-state index in [1.165, 1.54) is 18.9 Å². The molecule has 2 rings (SSSR count). The molecular formula is C12H15FN2S. The van der Waals surface area contributed by atoms with Crippen molar-refractivity contribution in [2.45, 2.75) is 12.8 Å². The van der Waals surface area contributed by atoms with Crippen LogP contribution in [0.5, 0.6) is 0 Å². The predicted molar refractivity (Wildman–Crippen MR) is 68.3 cm³/mol. The Morgan fingerprint density at radius 3 is 2.75 bits per heavy atom. The van der Waals surface area contributed by atoms with Gasteiger partial charge < -0.3 is 10.6 Å². The third-order valence-corrected chi connectivity index (χ3v) is 3.11. The Kier molecular flexibility index (Phi) is 3.10. The number of hydrogen-bond acceptors (Lipinski definition) is 2. The van der Waals surface area contributed by atoms with Crippen LogP contribution in [0.3, 0.4) is 0 Å². The Hall–Kier alpha value is -1.16. The molecule has 1 aliphatic carbocycles. The molecule has 1 aromatic rings. The number of nitrogens with two attached hydrogens (primary N) is 1. The highest BCUT2D eigenvalue weighted by Gasteiger charge is 2.23. The molecule has 1 aliphatic rings. The molecule has 1 aromatic carbocycles. The van der Waals surface area contributed by atoms with Crippen molar-refractivity contribution >= 4 is 22.9 Å². The highest BCUT2D eigenvalue weighted by atomic mass is 32.1. The molecule has 0 saturated heterocycles. The van der Waals surface area contributed by atoms with Gasteiger partial charge in [0.1, 0.15) is 10.8 Å². The SMILES string of the molecule is CN(CC1CC1)c1ccc(C(N)=S)cc1F. The predicted octanol–water partition coefficient (Wildman–Crippen LogP) is 2.31. The second-order valence-corrected chi connectivity index (χ2v) is 4.79. The number of halogens is 1. The molecule has 0 atom stereocenters. The van der Waals surface area contributed by atoms with Crippen LogP contribution >= 0.6 is 12.2 Å². The van der Waals surface area contributed by atoms with E-state index in [2.05, 4.69) is 0 Å².